The molecule has 1 saturated carbocycles. The molecule has 1 aliphatic heterocycles. The Hall–Kier alpha value is -1.23. The second-order valence-corrected chi connectivity index (χ2v) is 6.63. The molecule has 0 atom stereocenters. The first-order chi connectivity index (χ1) is 10.1. The summed E-state index contributed by atoms with van der Waals surface area (Å²) in [5.74, 6) is 0.618. The zero-order valence-corrected chi connectivity index (χ0v) is 13.7. The SMILES string of the molecule is Cc1c(C2(C(=O)O)CCCCC2)cc2c(c1Br)OCCO2. The number of fused-ring (bicyclic) bond motifs is 1. The number of hydrogen-bond acceptors (Lipinski definition) is 3. The van der Waals surface area contributed by atoms with Crippen LogP contribution in [0, 0.1) is 6.92 Å². The summed E-state index contributed by atoms with van der Waals surface area (Å²) in [6.07, 6.45) is 4.40. The van der Waals surface area contributed by atoms with Gasteiger partial charge in [-0.05, 0) is 52.9 Å². The summed E-state index contributed by atoms with van der Waals surface area (Å²) in [5, 5.41) is 9.87. The lowest BCUT2D eigenvalue weighted by Gasteiger charge is -2.36. The average Bonchev–Trinajstić information content (AvgIpc) is 2.51. The minimum absolute atomic E-state index is 0.502. The van der Waals surface area contributed by atoms with E-state index in [1.54, 1.807) is 0 Å². The van der Waals surface area contributed by atoms with Gasteiger partial charge in [-0.15, -0.1) is 0 Å². The Labute approximate surface area is 132 Å². The van der Waals surface area contributed by atoms with E-state index >= 15 is 0 Å². The Morgan fingerprint density at radius 2 is 1.90 bits per heavy atom. The molecule has 5 heteroatoms. The molecule has 0 spiro atoms. The van der Waals surface area contributed by atoms with Gasteiger partial charge in [0.1, 0.15) is 13.2 Å². The summed E-state index contributed by atoms with van der Waals surface area (Å²) in [4.78, 5) is 12.0. The Balaban J connectivity index is 2.16. The van der Waals surface area contributed by atoms with Crippen molar-refractivity contribution in [3.8, 4) is 11.5 Å². The molecule has 0 aromatic heterocycles. The Morgan fingerprint density at radius 1 is 1.24 bits per heavy atom. The number of carboxylic acid groups (broad SMARTS) is 1. The molecule has 1 fully saturated rings. The van der Waals surface area contributed by atoms with Crippen LogP contribution in [0.1, 0.15) is 43.2 Å². The lowest BCUT2D eigenvalue weighted by molar-refractivity contribution is -0.145. The summed E-state index contributed by atoms with van der Waals surface area (Å²) in [7, 11) is 0. The third-order valence-corrected chi connectivity index (χ3v) is 5.61. The van der Waals surface area contributed by atoms with Gasteiger partial charge in [0.05, 0.1) is 9.89 Å². The fourth-order valence-corrected chi connectivity index (χ4v) is 4.01. The molecule has 1 heterocycles. The highest BCUT2D eigenvalue weighted by atomic mass is 79.9. The Bertz CT molecular complexity index is 576. The van der Waals surface area contributed by atoms with E-state index in [4.69, 9.17) is 9.47 Å². The number of hydrogen-bond donors (Lipinski definition) is 1. The van der Waals surface area contributed by atoms with E-state index in [9.17, 15) is 9.90 Å². The second-order valence-electron chi connectivity index (χ2n) is 5.84. The quantitative estimate of drug-likeness (QED) is 0.876. The lowest BCUT2D eigenvalue weighted by atomic mass is 9.68. The van der Waals surface area contributed by atoms with Crippen LogP contribution < -0.4 is 9.47 Å². The summed E-state index contributed by atoms with van der Waals surface area (Å²) in [6, 6.07) is 1.88. The fraction of sp³-hybridized carbons (Fsp3) is 0.562. The van der Waals surface area contributed by atoms with Crippen LogP contribution in [0.3, 0.4) is 0 Å². The second kappa shape index (κ2) is 5.52. The van der Waals surface area contributed by atoms with Gasteiger partial charge in [-0.2, -0.15) is 0 Å². The van der Waals surface area contributed by atoms with Crippen molar-refractivity contribution < 1.29 is 19.4 Å². The number of carbonyl (C=O) groups is 1. The molecule has 1 aliphatic carbocycles. The molecule has 0 saturated heterocycles. The van der Waals surface area contributed by atoms with Gasteiger partial charge in [0.25, 0.3) is 0 Å². The third kappa shape index (κ3) is 2.31. The van der Waals surface area contributed by atoms with Crippen molar-refractivity contribution in [2.75, 3.05) is 13.2 Å². The molecular weight excluding hydrogens is 336 g/mol. The standard InChI is InChI=1S/C16H19BrO4/c1-10-11(16(15(18)19)5-3-2-4-6-16)9-12-14(13(10)17)21-8-7-20-12/h9H,2-8H2,1H3,(H,18,19). The van der Waals surface area contributed by atoms with Gasteiger partial charge in [-0.3, -0.25) is 4.79 Å². The predicted octanol–water partition coefficient (Wildman–Crippen LogP) is 3.82. The molecule has 114 valence electrons. The van der Waals surface area contributed by atoms with E-state index < -0.39 is 11.4 Å². The van der Waals surface area contributed by atoms with Gasteiger partial charge >= 0.3 is 5.97 Å². The average molecular weight is 355 g/mol. The Morgan fingerprint density at radius 3 is 2.57 bits per heavy atom. The van der Waals surface area contributed by atoms with E-state index in [1.165, 1.54) is 0 Å². The molecule has 3 rings (SSSR count). The summed E-state index contributed by atoms with van der Waals surface area (Å²) in [6.45, 7) is 2.98. The maximum atomic E-state index is 12.0. The number of benzene rings is 1. The number of carboxylic acids is 1. The lowest BCUT2D eigenvalue weighted by Crippen LogP contribution is -2.38. The largest absolute Gasteiger partial charge is 0.486 e. The molecule has 4 nitrogen and oxygen atoms in total. The smallest absolute Gasteiger partial charge is 0.314 e. The highest BCUT2D eigenvalue weighted by Crippen LogP contribution is 2.48. The highest BCUT2D eigenvalue weighted by molar-refractivity contribution is 9.10. The van der Waals surface area contributed by atoms with Crippen molar-refractivity contribution in [3.63, 3.8) is 0 Å². The van der Waals surface area contributed by atoms with Crippen LogP contribution in [0.25, 0.3) is 0 Å². The fourth-order valence-electron chi connectivity index (χ4n) is 3.49. The van der Waals surface area contributed by atoms with E-state index in [1.807, 2.05) is 13.0 Å². The van der Waals surface area contributed by atoms with Crippen molar-refractivity contribution in [2.24, 2.45) is 0 Å². The molecule has 0 bridgehead atoms. The van der Waals surface area contributed by atoms with Crippen molar-refractivity contribution in [1.82, 2.24) is 0 Å². The first-order valence-electron chi connectivity index (χ1n) is 7.39. The monoisotopic (exact) mass is 354 g/mol. The van der Waals surface area contributed by atoms with Crippen LogP contribution in [-0.2, 0) is 10.2 Å². The zero-order valence-electron chi connectivity index (χ0n) is 12.1. The summed E-state index contributed by atoms with van der Waals surface area (Å²) in [5.41, 5.74) is 1.02. The highest BCUT2D eigenvalue weighted by Gasteiger charge is 2.43. The van der Waals surface area contributed by atoms with Gasteiger partial charge in [-0.1, -0.05) is 19.3 Å². The third-order valence-electron chi connectivity index (χ3n) is 4.65. The van der Waals surface area contributed by atoms with E-state index in [0.717, 1.165) is 34.9 Å². The summed E-state index contributed by atoms with van der Waals surface area (Å²) >= 11 is 3.56. The van der Waals surface area contributed by atoms with Crippen LogP contribution >= 0.6 is 15.9 Å². The zero-order chi connectivity index (χ0) is 15.0. The normalized spacial score (nSPS) is 20.1. The molecule has 2 aliphatic rings. The Kier molecular flexibility index (Phi) is 3.86. The summed E-state index contributed by atoms with van der Waals surface area (Å²) < 4.78 is 12.1. The van der Waals surface area contributed by atoms with Crippen molar-refractivity contribution in [3.05, 3.63) is 21.7 Å². The minimum Gasteiger partial charge on any atom is -0.486 e. The predicted molar refractivity (Wildman–Crippen MR) is 82.3 cm³/mol. The van der Waals surface area contributed by atoms with Gasteiger partial charge in [0.2, 0.25) is 0 Å². The molecule has 0 unspecified atom stereocenters. The number of ether oxygens (including phenoxy) is 2. The number of halogens is 1. The minimum atomic E-state index is -0.791. The van der Waals surface area contributed by atoms with Crippen LogP contribution in [0.15, 0.2) is 10.5 Å². The molecule has 0 amide bonds. The maximum Gasteiger partial charge on any atom is 0.314 e. The van der Waals surface area contributed by atoms with Gasteiger partial charge < -0.3 is 14.6 Å². The molecule has 1 N–H and O–H groups in total. The van der Waals surface area contributed by atoms with Crippen molar-refractivity contribution in [2.45, 2.75) is 44.4 Å². The van der Waals surface area contributed by atoms with Crippen LogP contribution in [0.5, 0.6) is 11.5 Å². The number of aliphatic carboxylic acids is 1. The molecule has 0 radical (unpaired) electrons. The molecule has 21 heavy (non-hydrogen) atoms. The maximum absolute atomic E-state index is 12.0. The first kappa shape index (κ1) is 14.7. The van der Waals surface area contributed by atoms with Crippen molar-refractivity contribution >= 4 is 21.9 Å². The number of rotatable bonds is 2. The topological polar surface area (TPSA) is 55.8 Å². The van der Waals surface area contributed by atoms with Gasteiger partial charge in [0.15, 0.2) is 11.5 Å². The van der Waals surface area contributed by atoms with Crippen molar-refractivity contribution in [1.29, 1.82) is 0 Å². The van der Waals surface area contributed by atoms with E-state index in [-0.39, 0.29) is 0 Å². The van der Waals surface area contributed by atoms with E-state index in [2.05, 4.69) is 15.9 Å². The van der Waals surface area contributed by atoms with E-state index in [0.29, 0.717) is 37.6 Å². The molecule has 1 aromatic carbocycles. The van der Waals surface area contributed by atoms with Crippen LogP contribution in [-0.4, -0.2) is 24.3 Å². The first-order valence-corrected chi connectivity index (χ1v) is 8.18. The van der Waals surface area contributed by atoms with Crippen LogP contribution in [0.2, 0.25) is 0 Å². The van der Waals surface area contributed by atoms with Gasteiger partial charge in [-0.25, -0.2) is 0 Å². The van der Waals surface area contributed by atoms with Gasteiger partial charge in [0, 0.05) is 0 Å². The molecular formula is C16H19BrO4. The van der Waals surface area contributed by atoms with Crippen LogP contribution in [0.4, 0.5) is 0 Å². The molecule has 1 aromatic rings.